The summed E-state index contributed by atoms with van der Waals surface area (Å²) in [6, 6.07) is 5.94. The molecule has 4 heteroatoms. The van der Waals surface area contributed by atoms with Crippen molar-refractivity contribution in [2.45, 2.75) is 39.2 Å². The lowest BCUT2D eigenvalue weighted by molar-refractivity contribution is -0.125. The van der Waals surface area contributed by atoms with E-state index >= 15 is 0 Å². The monoisotopic (exact) mass is 358 g/mol. The summed E-state index contributed by atoms with van der Waals surface area (Å²) in [6.45, 7) is 4.03. The molecule has 1 fully saturated rings. The Labute approximate surface area is 122 Å². The van der Waals surface area contributed by atoms with Gasteiger partial charge in [-0.2, -0.15) is 0 Å². The van der Waals surface area contributed by atoms with Crippen molar-refractivity contribution in [3.8, 4) is 0 Å². The van der Waals surface area contributed by atoms with Crippen LogP contribution in [0.1, 0.15) is 31.7 Å². The summed E-state index contributed by atoms with van der Waals surface area (Å²) >= 11 is 2.28. The van der Waals surface area contributed by atoms with Crippen LogP contribution in [0.4, 0.5) is 5.69 Å². The van der Waals surface area contributed by atoms with Crippen molar-refractivity contribution < 1.29 is 4.79 Å². The summed E-state index contributed by atoms with van der Waals surface area (Å²) in [7, 11) is 0. The first-order chi connectivity index (χ1) is 8.43. The normalized spacial score (nSPS) is 27.2. The Hall–Kier alpha value is -0.620. The molecule has 0 aliphatic heterocycles. The molecule has 0 aromatic heterocycles. The predicted octanol–water partition coefficient (Wildman–Crippen LogP) is 3.06. The van der Waals surface area contributed by atoms with E-state index in [1.54, 1.807) is 0 Å². The molecule has 2 rings (SSSR count). The number of nitrogens with two attached hydrogens (primary N) is 1. The maximum Gasteiger partial charge on any atom is 0.231 e. The molecule has 0 saturated heterocycles. The van der Waals surface area contributed by atoms with Gasteiger partial charge in [-0.15, -0.1) is 0 Å². The summed E-state index contributed by atoms with van der Waals surface area (Å²) < 4.78 is 1.16. The highest BCUT2D eigenvalue weighted by atomic mass is 127. The van der Waals surface area contributed by atoms with E-state index in [2.05, 4.69) is 34.8 Å². The summed E-state index contributed by atoms with van der Waals surface area (Å²) in [5.74, 6) is 0.0483. The number of hydrogen-bond donors (Lipinski definition) is 2. The lowest BCUT2D eigenvalue weighted by Gasteiger charge is -2.27. The van der Waals surface area contributed by atoms with Crippen molar-refractivity contribution in [3.63, 3.8) is 0 Å². The minimum Gasteiger partial charge on any atom is -0.327 e. The molecular weight excluding hydrogens is 339 g/mol. The van der Waals surface area contributed by atoms with Crippen LogP contribution in [0.2, 0.25) is 0 Å². The number of hydrogen-bond acceptors (Lipinski definition) is 2. The lowest BCUT2D eigenvalue weighted by atomic mass is 9.84. The van der Waals surface area contributed by atoms with E-state index in [9.17, 15) is 4.79 Å². The average molecular weight is 358 g/mol. The van der Waals surface area contributed by atoms with Crippen molar-refractivity contribution in [3.05, 3.63) is 27.3 Å². The van der Waals surface area contributed by atoms with Gasteiger partial charge < -0.3 is 11.1 Å². The van der Waals surface area contributed by atoms with Gasteiger partial charge in [-0.05, 0) is 67.0 Å². The molecule has 3 nitrogen and oxygen atoms in total. The number of aryl methyl sites for hydroxylation is 1. The van der Waals surface area contributed by atoms with E-state index in [0.717, 1.165) is 28.5 Å². The first kappa shape index (κ1) is 13.8. The minimum absolute atomic E-state index is 0.0259. The summed E-state index contributed by atoms with van der Waals surface area (Å²) in [4.78, 5) is 12.3. The number of benzene rings is 1. The van der Waals surface area contributed by atoms with Crippen LogP contribution in [0.3, 0.4) is 0 Å². The van der Waals surface area contributed by atoms with Gasteiger partial charge in [0.1, 0.15) is 0 Å². The molecule has 1 saturated carbocycles. The van der Waals surface area contributed by atoms with Crippen LogP contribution in [0.15, 0.2) is 18.2 Å². The fourth-order valence-electron chi connectivity index (χ4n) is 2.42. The number of carbonyl (C=O) groups excluding carboxylic acids is 1. The zero-order valence-electron chi connectivity index (χ0n) is 10.8. The molecule has 1 aromatic carbocycles. The molecule has 0 radical (unpaired) electrons. The van der Waals surface area contributed by atoms with Crippen LogP contribution >= 0.6 is 22.6 Å². The van der Waals surface area contributed by atoms with Gasteiger partial charge in [0.05, 0.1) is 5.41 Å². The van der Waals surface area contributed by atoms with Crippen molar-refractivity contribution in [2.24, 2.45) is 11.1 Å². The minimum atomic E-state index is -0.420. The number of amides is 1. The predicted molar refractivity (Wildman–Crippen MR) is 82.5 cm³/mol. The maximum absolute atomic E-state index is 12.3. The maximum atomic E-state index is 12.3. The number of halogens is 1. The number of nitrogens with one attached hydrogen (secondary N) is 1. The zero-order valence-corrected chi connectivity index (χ0v) is 13.0. The van der Waals surface area contributed by atoms with Crippen molar-refractivity contribution in [2.75, 3.05) is 5.32 Å². The topological polar surface area (TPSA) is 55.1 Å². The van der Waals surface area contributed by atoms with Crippen LogP contribution in [-0.2, 0) is 4.79 Å². The standard InChI is InChI=1S/C14H19IN2O/c1-9-5-6-10(8-11(9)15)17-13(18)14(2)7-3-4-12(14)16/h5-6,8,12H,3-4,7,16H2,1-2H3,(H,17,18). The third-order valence-corrected chi connectivity index (χ3v) is 5.14. The van der Waals surface area contributed by atoms with Crippen LogP contribution in [-0.4, -0.2) is 11.9 Å². The number of carbonyl (C=O) groups is 1. The van der Waals surface area contributed by atoms with Gasteiger partial charge >= 0.3 is 0 Å². The molecule has 1 aliphatic rings. The Balaban J connectivity index is 2.14. The first-order valence-corrected chi connectivity index (χ1v) is 7.34. The average Bonchev–Trinajstić information content (AvgIpc) is 2.66. The highest BCUT2D eigenvalue weighted by molar-refractivity contribution is 14.1. The molecule has 98 valence electrons. The summed E-state index contributed by atoms with van der Waals surface area (Å²) in [6.07, 6.45) is 2.86. The van der Waals surface area contributed by atoms with Crippen LogP contribution < -0.4 is 11.1 Å². The van der Waals surface area contributed by atoms with Crippen LogP contribution in [0.25, 0.3) is 0 Å². The van der Waals surface area contributed by atoms with Crippen molar-refractivity contribution in [1.29, 1.82) is 0 Å². The second kappa shape index (κ2) is 5.17. The number of anilines is 1. The second-order valence-corrected chi connectivity index (χ2v) is 6.50. The second-order valence-electron chi connectivity index (χ2n) is 5.33. The molecule has 3 N–H and O–H groups in total. The highest BCUT2D eigenvalue weighted by Gasteiger charge is 2.42. The highest BCUT2D eigenvalue weighted by Crippen LogP contribution is 2.37. The van der Waals surface area contributed by atoms with E-state index in [1.807, 2.05) is 25.1 Å². The molecule has 1 aromatic rings. The molecule has 0 heterocycles. The third-order valence-electron chi connectivity index (χ3n) is 3.98. The van der Waals surface area contributed by atoms with Gasteiger partial charge in [-0.3, -0.25) is 4.79 Å². The SMILES string of the molecule is Cc1ccc(NC(=O)C2(C)CCCC2N)cc1I. The van der Waals surface area contributed by atoms with Gasteiger partial charge in [0, 0.05) is 15.3 Å². The third kappa shape index (κ3) is 2.54. The quantitative estimate of drug-likeness (QED) is 0.799. The fourth-order valence-corrected chi connectivity index (χ4v) is 2.93. The van der Waals surface area contributed by atoms with E-state index in [0.29, 0.717) is 0 Å². The van der Waals surface area contributed by atoms with E-state index < -0.39 is 5.41 Å². The van der Waals surface area contributed by atoms with Crippen LogP contribution in [0.5, 0.6) is 0 Å². The Bertz CT molecular complexity index is 475. The molecule has 1 aliphatic carbocycles. The van der Waals surface area contributed by atoms with Crippen LogP contribution in [0, 0.1) is 15.9 Å². The Morgan fingerprint density at radius 1 is 1.56 bits per heavy atom. The lowest BCUT2D eigenvalue weighted by Crippen LogP contribution is -2.44. The molecular formula is C14H19IN2O. The number of rotatable bonds is 2. The van der Waals surface area contributed by atoms with Crippen molar-refractivity contribution >= 4 is 34.2 Å². The zero-order chi connectivity index (χ0) is 13.3. The largest absolute Gasteiger partial charge is 0.327 e. The molecule has 0 bridgehead atoms. The fraction of sp³-hybridized carbons (Fsp3) is 0.500. The van der Waals surface area contributed by atoms with E-state index in [4.69, 9.17) is 5.73 Å². The molecule has 1 amide bonds. The van der Waals surface area contributed by atoms with Gasteiger partial charge in [0.15, 0.2) is 0 Å². The van der Waals surface area contributed by atoms with Gasteiger partial charge in [-0.1, -0.05) is 12.5 Å². The Morgan fingerprint density at radius 2 is 2.28 bits per heavy atom. The van der Waals surface area contributed by atoms with Gasteiger partial charge in [-0.25, -0.2) is 0 Å². The van der Waals surface area contributed by atoms with Gasteiger partial charge in [0.25, 0.3) is 0 Å². The smallest absolute Gasteiger partial charge is 0.231 e. The van der Waals surface area contributed by atoms with E-state index in [-0.39, 0.29) is 11.9 Å². The molecule has 18 heavy (non-hydrogen) atoms. The van der Waals surface area contributed by atoms with Gasteiger partial charge in [0.2, 0.25) is 5.91 Å². The Kier molecular flexibility index (Phi) is 3.96. The Morgan fingerprint density at radius 3 is 2.83 bits per heavy atom. The molecule has 2 unspecified atom stereocenters. The van der Waals surface area contributed by atoms with Crippen molar-refractivity contribution in [1.82, 2.24) is 0 Å². The summed E-state index contributed by atoms with van der Waals surface area (Å²) in [5, 5.41) is 3.00. The first-order valence-electron chi connectivity index (χ1n) is 6.26. The summed E-state index contributed by atoms with van der Waals surface area (Å²) in [5.41, 5.74) is 7.72. The molecule has 0 spiro atoms. The van der Waals surface area contributed by atoms with E-state index in [1.165, 1.54) is 5.56 Å². The molecule has 2 atom stereocenters.